The molecular weight excluding hydrogens is 392 g/mol. The van der Waals surface area contributed by atoms with E-state index in [-0.39, 0.29) is 5.91 Å². The van der Waals surface area contributed by atoms with Crippen molar-refractivity contribution in [2.75, 3.05) is 32.1 Å². The Morgan fingerprint density at radius 2 is 2.00 bits per heavy atom. The standard InChI is InChI=1S/C23H24N6O2/c1-31-14-13-27-23(30)17-6-4-5-16(15-17)21-28-19-9-12-26-22(20(19)29-21)25-11-8-18-7-2-3-10-24-18/h2-7,9-10,12,15H,8,11,13-14H2,1H3,(H,25,26)(H,27,30)(H,28,29). The van der Waals surface area contributed by atoms with Gasteiger partial charge in [0.2, 0.25) is 0 Å². The maximum Gasteiger partial charge on any atom is 0.251 e. The van der Waals surface area contributed by atoms with Crippen LogP contribution in [-0.4, -0.2) is 52.6 Å². The van der Waals surface area contributed by atoms with Gasteiger partial charge in [-0.3, -0.25) is 9.78 Å². The molecule has 0 atom stereocenters. The average Bonchev–Trinajstić information content (AvgIpc) is 3.25. The van der Waals surface area contributed by atoms with E-state index in [4.69, 9.17) is 9.72 Å². The summed E-state index contributed by atoms with van der Waals surface area (Å²) in [6.45, 7) is 1.63. The highest BCUT2D eigenvalue weighted by Crippen LogP contribution is 2.25. The normalized spacial score (nSPS) is 10.9. The quantitative estimate of drug-likeness (QED) is 0.362. The van der Waals surface area contributed by atoms with E-state index >= 15 is 0 Å². The van der Waals surface area contributed by atoms with Crippen LogP contribution in [0.15, 0.2) is 60.9 Å². The highest BCUT2D eigenvalue weighted by Gasteiger charge is 2.12. The van der Waals surface area contributed by atoms with Gasteiger partial charge in [-0.05, 0) is 30.3 Å². The number of H-pyrrole nitrogens is 1. The van der Waals surface area contributed by atoms with E-state index in [1.807, 2.05) is 42.5 Å². The van der Waals surface area contributed by atoms with E-state index in [1.54, 1.807) is 25.6 Å². The van der Waals surface area contributed by atoms with Crippen molar-refractivity contribution < 1.29 is 9.53 Å². The van der Waals surface area contributed by atoms with E-state index in [0.717, 1.165) is 28.7 Å². The van der Waals surface area contributed by atoms with Gasteiger partial charge in [0.15, 0.2) is 5.82 Å². The zero-order chi connectivity index (χ0) is 21.5. The van der Waals surface area contributed by atoms with Gasteiger partial charge in [-0.1, -0.05) is 18.2 Å². The number of aromatic amines is 1. The Kier molecular flexibility index (Phi) is 6.49. The minimum absolute atomic E-state index is 0.145. The third-order valence-corrected chi connectivity index (χ3v) is 4.79. The molecular formula is C23H24N6O2. The maximum absolute atomic E-state index is 12.3. The lowest BCUT2D eigenvalue weighted by Gasteiger charge is -2.06. The number of carbonyl (C=O) groups excluding carboxylic acids is 1. The third kappa shape index (κ3) is 5.04. The Hall–Kier alpha value is -3.78. The topological polar surface area (TPSA) is 105 Å². The van der Waals surface area contributed by atoms with Gasteiger partial charge in [0.05, 0.1) is 12.1 Å². The minimum Gasteiger partial charge on any atom is -0.383 e. The molecule has 158 valence electrons. The van der Waals surface area contributed by atoms with Gasteiger partial charge in [0.1, 0.15) is 11.3 Å². The number of hydrogen-bond acceptors (Lipinski definition) is 6. The van der Waals surface area contributed by atoms with E-state index in [0.29, 0.717) is 36.9 Å². The number of hydrogen-bond donors (Lipinski definition) is 3. The van der Waals surface area contributed by atoms with Crippen LogP contribution in [-0.2, 0) is 11.2 Å². The number of nitrogens with zero attached hydrogens (tertiary/aromatic N) is 3. The lowest BCUT2D eigenvalue weighted by Crippen LogP contribution is -2.26. The number of rotatable bonds is 9. The lowest BCUT2D eigenvalue weighted by molar-refractivity contribution is 0.0937. The minimum atomic E-state index is -0.145. The predicted molar refractivity (Wildman–Crippen MR) is 120 cm³/mol. The van der Waals surface area contributed by atoms with Crippen LogP contribution in [0.4, 0.5) is 5.82 Å². The van der Waals surface area contributed by atoms with E-state index < -0.39 is 0 Å². The van der Waals surface area contributed by atoms with Gasteiger partial charge in [-0.15, -0.1) is 0 Å². The van der Waals surface area contributed by atoms with Crippen molar-refractivity contribution in [2.45, 2.75) is 6.42 Å². The van der Waals surface area contributed by atoms with Gasteiger partial charge in [0.25, 0.3) is 5.91 Å². The lowest BCUT2D eigenvalue weighted by atomic mass is 10.1. The van der Waals surface area contributed by atoms with Crippen LogP contribution in [0.5, 0.6) is 0 Å². The highest BCUT2D eigenvalue weighted by atomic mass is 16.5. The Morgan fingerprint density at radius 1 is 1.06 bits per heavy atom. The molecule has 3 aromatic heterocycles. The summed E-state index contributed by atoms with van der Waals surface area (Å²) in [5.74, 6) is 1.25. The first kappa shape index (κ1) is 20.5. The van der Waals surface area contributed by atoms with Crippen LogP contribution >= 0.6 is 0 Å². The molecule has 8 heteroatoms. The van der Waals surface area contributed by atoms with Crippen molar-refractivity contribution in [3.63, 3.8) is 0 Å². The molecule has 3 heterocycles. The van der Waals surface area contributed by atoms with Crippen LogP contribution in [0, 0.1) is 0 Å². The molecule has 0 fully saturated rings. The number of anilines is 1. The summed E-state index contributed by atoms with van der Waals surface area (Å²) in [6.07, 6.45) is 4.32. The molecule has 4 rings (SSSR count). The monoisotopic (exact) mass is 416 g/mol. The largest absolute Gasteiger partial charge is 0.383 e. The Morgan fingerprint density at radius 3 is 2.84 bits per heavy atom. The number of pyridine rings is 2. The third-order valence-electron chi connectivity index (χ3n) is 4.79. The molecule has 0 aliphatic carbocycles. The first-order chi connectivity index (χ1) is 15.2. The molecule has 3 N–H and O–H groups in total. The Balaban J connectivity index is 1.51. The number of nitrogens with one attached hydrogen (secondary N) is 3. The summed E-state index contributed by atoms with van der Waals surface area (Å²) < 4.78 is 4.97. The fourth-order valence-electron chi connectivity index (χ4n) is 3.23. The number of imidazole rings is 1. The second kappa shape index (κ2) is 9.82. The molecule has 0 bridgehead atoms. The van der Waals surface area contributed by atoms with Crippen LogP contribution in [0.1, 0.15) is 16.1 Å². The van der Waals surface area contributed by atoms with Gasteiger partial charge >= 0.3 is 0 Å². The summed E-state index contributed by atoms with van der Waals surface area (Å²) in [6, 6.07) is 15.1. The summed E-state index contributed by atoms with van der Waals surface area (Å²) >= 11 is 0. The fourth-order valence-corrected chi connectivity index (χ4v) is 3.23. The van der Waals surface area contributed by atoms with Crippen molar-refractivity contribution in [1.29, 1.82) is 0 Å². The molecule has 0 aliphatic rings. The molecule has 0 radical (unpaired) electrons. The van der Waals surface area contributed by atoms with E-state index in [1.165, 1.54) is 0 Å². The number of ether oxygens (including phenoxy) is 1. The van der Waals surface area contributed by atoms with Crippen LogP contribution in [0.25, 0.3) is 22.4 Å². The summed E-state index contributed by atoms with van der Waals surface area (Å²) in [5.41, 5.74) is 4.05. The van der Waals surface area contributed by atoms with Crippen molar-refractivity contribution in [3.05, 3.63) is 72.2 Å². The Bertz CT molecular complexity index is 1160. The van der Waals surface area contributed by atoms with E-state index in [2.05, 4.69) is 25.6 Å². The van der Waals surface area contributed by atoms with Crippen molar-refractivity contribution in [3.8, 4) is 11.4 Å². The first-order valence-corrected chi connectivity index (χ1v) is 10.1. The second-order valence-electron chi connectivity index (χ2n) is 6.97. The predicted octanol–water partition coefficient (Wildman–Crippen LogP) is 3.05. The zero-order valence-corrected chi connectivity index (χ0v) is 17.3. The van der Waals surface area contributed by atoms with Gasteiger partial charge in [-0.2, -0.15) is 0 Å². The van der Waals surface area contributed by atoms with E-state index in [9.17, 15) is 4.79 Å². The van der Waals surface area contributed by atoms with Crippen LogP contribution in [0.3, 0.4) is 0 Å². The van der Waals surface area contributed by atoms with Crippen LogP contribution in [0.2, 0.25) is 0 Å². The number of amides is 1. The highest BCUT2D eigenvalue weighted by molar-refractivity contribution is 5.95. The molecule has 4 aromatic rings. The average molecular weight is 416 g/mol. The van der Waals surface area contributed by atoms with Gasteiger partial charge in [0, 0.05) is 55.8 Å². The number of benzene rings is 1. The van der Waals surface area contributed by atoms with Crippen molar-refractivity contribution in [2.24, 2.45) is 0 Å². The Labute approximate surface area is 180 Å². The van der Waals surface area contributed by atoms with Gasteiger partial charge in [-0.25, -0.2) is 9.97 Å². The molecule has 0 saturated carbocycles. The van der Waals surface area contributed by atoms with Gasteiger partial charge < -0.3 is 20.4 Å². The number of aromatic nitrogens is 4. The smallest absolute Gasteiger partial charge is 0.251 e. The molecule has 8 nitrogen and oxygen atoms in total. The molecule has 1 aromatic carbocycles. The molecule has 31 heavy (non-hydrogen) atoms. The first-order valence-electron chi connectivity index (χ1n) is 10.1. The summed E-state index contributed by atoms with van der Waals surface area (Å²) in [7, 11) is 1.60. The number of methoxy groups -OCH3 is 1. The molecule has 0 saturated heterocycles. The van der Waals surface area contributed by atoms with Crippen molar-refractivity contribution >= 4 is 22.8 Å². The second-order valence-corrected chi connectivity index (χ2v) is 6.97. The maximum atomic E-state index is 12.3. The molecule has 1 amide bonds. The van der Waals surface area contributed by atoms with Crippen LogP contribution < -0.4 is 10.6 Å². The molecule has 0 unspecified atom stereocenters. The zero-order valence-electron chi connectivity index (χ0n) is 17.3. The summed E-state index contributed by atoms with van der Waals surface area (Å²) in [5, 5.41) is 6.18. The van der Waals surface area contributed by atoms with Crippen molar-refractivity contribution in [1.82, 2.24) is 25.3 Å². The summed E-state index contributed by atoms with van der Waals surface area (Å²) in [4.78, 5) is 29.2. The fraction of sp³-hybridized carbons (Fsp3) is 0.217. The SMILES string of the molecule is COCCNC(=O)c1cccc(-c2nc3c(NCCc4ccccn4)nccc3[nH]2)c1. The number of fused-ring (bicyclic) bond motifs is 1. The molecule has 0 aliphatic heterocycles. The molecule has 0 spiro atoms. The number of carbonyl (C=O) groups is 1.